The van der Waals surface area contributed by atoms with Gasteiger partial charge in [-0.3, -0.25) is 4.79 Å². The number of hydrogen-bond acceptors (Lipinski definition) is 3. The number of aryl methyl sites for hydroxylation is 1. The number of anilines is 1. The zero-order chi connectivity index (χ0) is 22.1. The molecule has 0 radical (unpaired) electrons. The fraction of sp³-hybridized carbons (Fsp3) is 0.125. The number of carbonyl (C=O) groups is 1. The smallest absolute Gasteiger partial charge is 0.295 e. The van der Waals surface area contributed by atoms with E-state index in [1.165, 1.54) is 0 Å². The molecular weight excluding hydrogens is 476 g/mol. The SMILES string of the molecule is Cc1cccc(NC(=O)c2nc(-c3ccc(Br)cc3)n(-c3cccc(Cl)c3C)n2)c1C. The second-order valence-corrected chi connectivity index (χ2v) is 8.59. The molecule has 1 heterocycles. The molecule has 0 unspecified atom stereocenters. The standard InChI is InChI=1S/C24H20BrClN4O/c1-14-6-4-8-20(15(14)2)27-24(31)22-28-23(17-10-12-18(25)13-11-17)30(29-22)21-9-5-7-19(26)16(21)3/h4-13H,1-3H3,(H,27,31). The summed E-state index contributed by atoms with van der Waals surface area (Å²) < 4.78 is 2.62. The van der Waals surface area contributed by atoms with Gasteiger partial charge in [-0.2, -0.15) is 0 Å². The highest BCUT2D eigenvalue weighted by Crippen LogP contribution is 2.28. The number of hydrogen-bond donors (Lipinski definition) is 1. The number of amides is 1. The van der Waals surface area contributed by atoms with Gasteiger partial charge < -0.3 is 5.32 Å². The Bertz CT molecular complexity index is 1280. The Kier molecular flexibility index (Phi) is 5.94. The Balaban J connectivity index is 1.81. The third-order valence-corrected chi connectivity index (χ3v) is 6.17. The normalized spacial score (nSPS) is 10.9. The Hall–Kier alpha value is -2.96. The van der Waals surface area contributed by atoms with Crippen molar-refractivity contribution in [2.75, 3.05) is 5.32 Å². The van der Waals surface area contributed by atoms with Gasteiger partial charge in [0.1, 0.15) is 0 Å². The van der Waals surface area contributed by atoms with Crippen LogP contribution in [0.1, 0.15) is 27.3 Å². The Morgan fingerprint density at radius 3 is 2.42 bits per heavy atom. The monoisotopic (exact) mass is 494 g/mol. The number of aromatic nitrogens is 3. The van der Waals surface area contributed by atoms with Crippen LogP contribution in [0.5, 0.6) is 0 Å². The minimum Gasteiger partial charge on any atom is -0.319 e. The molecule has 7 heteroatoms. The summed E-state index contributed by atoms with van der Waals surface area (Å²) in [5.74, 6) is 0.271. The molecule has 0 aliphatic heterocycles. The van der Waals surface area contributed by atoms with Crippen molar-refractivity contribution in [3.8, 4) is 17.1 Å². The largest absolute Gasteiger partial charge is 0.319 e. The number of nitrogens with zero attached hydrogens (tertiary/aromatic N) is 3. The van der Waals surface area contributed by atoms with Crippen molar-refractivity contribution < 1.29 is 4.79 Å². The van der Waals surface area contributed by atoms with Gasteiger partial charge in [0.15, 0.2) is 5.82 Å². The molecule has 5 nitrogen and oxygen atoms in total. The van der Waals surface area contributed by atoms with Crippen LogP contribution in [0.3, 0.4) is 0 Å². The zero-order valence-electron chi connectivity index (χ0n) is 17.3. The van der Waals surface area contributed by atoms with E-state index in [2.05, 4.69) is 31.3 Å². The number of rotatable bonds is 4. The lowest BCUT2D eigenvalue weighted by Gasteiger charge is -2.10. The third-order valence-electron chi connectivity index (χ3n) is 5.23. The molecule has 0 aliphatic carbocycles. The van der Waals surface area contributed by atoms with Crippen LogP contribution in [0.15, 0.2) is 65.1 Å². The molecule has 0 fully saturated rings. The highest BCUT2D eigenvalue weighted by molar-refractivity contribution is 9.10. The molecule has 4 rings (SSSR count). The van der Waals surface area contributed by atoms with E-state index in [1.807, 2.05) is 81.4 Å². The molecule has 3 aromatic carbocycles. The Morgan fingerprint density at radius 1 is 0.968 bits per heavy atom. The molecule has 0 saturated heterocycles. The van der Waals surface area contributed by atoms with E-state index in [1.54, 1.807) is 4.68 Å². The van der Waals surface area contributed by atoms with Crippen molar-refractivity contribution in [2.24, 2.45) is 0 Å². The third kappa shape index (κ3) is 4.27. The van der Waals surface area contributed by atoms with Crippen LogP contribution in [-0.2, 0) is 0 Å². The predicted molar refractivity (Wildman–Crippen MR) is 128 cm³/mol. The van der Waals surface area contributed by atoms with E-state index in [0.717, 1.165) is 38.1 Å². The first-order valence-electron chi connectivity index (χ1n) is 9.71. The predicted octanol–water partition coefficient (Wildman–Crippen LogP) is 6.53. The van der Waals surface area contributed by atoms with Gasteiger partial charge in [-0.25, -0.2) is 9.67 Å². The van der Waals surface area contributed by atoms with Gasteiger partial charge in [-0.05, 0) is 67.8 Å². The van der Waals surface area contributed by atoms with Crippen LogP contribution in [0, 0.1) is 20.8 Å². The summed E-state index contributed by atoms with van der Waals surface area (Å²) in [6.07, 6.45) is 0. The lowest BCUT2D eigenvalue weighted by Crippen LogP contribution is -2.15. The van der Waals surface area contributed by atoms with Gasteiger partial charge in [-0.15, -0.1) is 5.10 Å². The summed E-state index contributed by atoms with van der Waals surface area (Å²) in [7, 11) is 0. The first-order valence-corrected chi connectivity index (χ1v) is 10.9. The van der Waals surface area contributed by atoms with Crippen molar-refractivity contribution in [3.63, 3.8) is 0 Å². The molecule has 1 amide bonds. The van der Waals surface area contributed by atoms with E-state index in [0.29, 0.717) is 10.8 Å². The maximum Gasteiger partial charge on any atom is 0.295 e. The van der Waals surface area contributed by atoms with Gasteiger partial charge >= 0.3 is 0 Å². The molecule has 1 N–H and O–H groups in total. The van der Waals surface area contributed by atoms with Gasteiger partial charge in [0.25, 0.3) is 5.91 Å². The first-order chi connectivity index (χ1) is 14.8. The van der Waals surface area contributed by atoms with Crippen LogP contribution >= 0.6 is 27.5 Å². The average molecular weight is 496 g/mol. The van der Waals surface area contributed by atoms with Crippen molar-refractivity contribution in [3.05, 3.63) is 92.7 Å². The molecule has 0 saturated carbocycles. The summed E-state index contributed by atoms with van der Waals surface area (Å²) in [5, 5.41) is 8.11. The molecule has 0 aliphatic rings. The second-order valence-electron chi connectivity index (χ2n) is 7.26. The summed E-state index contributed by atoms with van der Waals surface area (Å²) in [6.45, 7) is 5.89. The molecule has 4 aromatic rings. The second kappa shape index (κ2) is 8.65. The molecule has 1 aromatic heterocycles. The van der Waals surface area contributed by atoms with E-state index in [9.17, 15) is 4.79 Å². The molecule has 0 atom stereocenters. The number of nitrogens with one attached hydrogen (secondary N) is 1. The summed E-state index contributed by atoms with van der Waals surface area (Å²) >= 11 is 9.80. The fourth-order valence-corrected chi connectivity index (χ4v) is 3.69. The van der Waals surface area contributed by atoms with E-state index < -0.39 is 0 Å². The molecular formula is C24H20BrClN4O. The van der Waals surface area contributed by atoms with Crippen molar-refractivity contribution in [1.29, 1.82) is 0 Å². The minimum absolute atomic E-state index is 0.0817. The summed E-state index contributed by atoms with van der Waals surface area (Å²) in [6, 6.07) is 19.1. The highest BCUT2D eigenvalue weighted by atomic mass is 79.9. The van der Waals surface area contributed by atoms with Crippen molar-refractivity contribution in [2.45, 2.75) is 20.8 Å². The fourth-order valence-electron chi connectivity index (χ4n) is 3.25. The van der Waals surface area contributed by atoms with Crippen LogP contribution in [0.4, 0.5) is 5.69 Å². The van der Waals surface area contributed by atoms with Crippen molar-refractivity contribution >= 4 is 39.1 Å². The van der Waals surface area contributed by atoms with Crippen LogP contribution in [-0.4, -0.2) is 20.7 Å². The quantitative estimate of drug-likeness (QED) is 0.350. The van der Waals surface area contributed by atoms with Gasteiger partial charge in [0, 0.05) is 20.7 Å². The van der Waals surface area contributed by atoms with Gasteiger partial charge in [0.2, 0.25) is 5.82 Å². The van der Waals surface area contributed by atoms with Gasteiger partial charge in [-0.1, -0.05) is 57.9 Å². The van der Waals surface area contributed by atoms with Crippen molar-refractivity contribution in [1.82, 2.24) is 14.8 Å². The minimum atomic E-state index is -0.370. The number of benzene rings is 3. The van der Waals surface area contributed by atoms with Gasteiger partial charge in [0.05, 0.1) is 5.69 Å². The maximum absolute atomic E-state index is 13.0. The Labute approximate surface area is 194 Å². The topological polar surface area (TPSA) is 59.8 Å². The van der Waals surface area contributed by atoms with E-state index in [4.69, 9.17) is 11.6 Å². The first kappa shape index (κ1) is 21.3. The van der Waals surface area contributed by atoms with Crippen LogP contribution < -0.4 is 5.32 Å². The molecule has 0 spiro atoms. The summed E-state index contributed by atoms with van der Waals surface area (Å²) in [4.78, 5) is 17.6. The van der Waals surface area contributed by atoms with E-state index >= 15 is 0 Å². The molecule has 0 bridgehead atoms. The van der Waals surface area contributed by atoms with E-state index in [-0.39, 0.29) is 11.7 Å². The zero-order valence-corrected chi connectivity index (χ0v) is 19.6. The lowest BCUT2D eigenvalue weighted by atomic mass is 10.1. The number of carbonyl (C=O) groups excluding carboxylic acids is 1. The highest BCUT2D eigenvalue weighted by Gasteiger charge is 2.21. The Morgan fingerprint density at radius 2 is 1.68 bits per heavy atom. The van der Waals surface area contributed by atoms with Crippen LogP contribution in [0.25, 0.3) is 17.1 Å². The summed E-state index contributed by atoms with van der Waals surface area (Å²) in [5.41, 5.74) is 5.31. The lowest BCUT2D eigenvalue weighted by molar-refractivity contribution is 0.101. The maximum atomic E-state index is 13.0. The van der Waals surface area contributed by atoms with Crippen LogP contribution in [0.2, 0.25) is 5.02 Å². The number of halogens is 2. The molecule has 156 valence electrons. The average Bonchev–Trinajstić information content (AvgIpc) is 3.19. The molecule has 31 heavy (non-hydrogen) atoms.